The number of piperidine rings is 1. The van der Waals surface area contributed by atoms with Crippen molar-refractivity contribution in [1.29, 1.82) is 0 Å². The fourth-order valence-corrected chi connectivity index (χ4v) is 3.99. The van der Waals surface area contributed by atoms with E-state index in [-0.39, 0.29) is 17.6 Å². The lowest BCUT2D eigenvalue weighted by atomic mass is 9.89. The molecular formula is C14H24N2O2. The Hall–Kier alpha value is -0.610. The van der Waals surface area contributed by atoms with Crippen molar-refractivity contribution < 1.29 is 9.90 Å². The Labute approximate surface area is 109 Å². The zero-order valence-corrected chi connectivity index (χ0v) is 11.2. The van der Waals surface area contributed by atoms with Crippen LogP contribution in [0.3, 0.4) is 0 Å². The highest BCUT2D eigenvalue weighted by atomic mass is 16.3. The summed E-state index contributed by atoms with van der Waals surface area (Å²) >= 11 is 0. The molecule has 0 spiro atoms. The zero-order valence-electron chi connectivity index (χ0n) is 11.2. The lowest BCUT2D eigenvalue weighted by Crippen LogP contribution is -2.57. The molecule has 0 aromatic rings. The molecule has 2 heterocycles. The van der Waals surface area contributed by atoms with E-state index in [1.54, 1.807) is 0 Å². The van der Waals surface area contributed by atoms with Crippen LogP contribution in [0.25, 0.3) is 0 Å². The molecule has 0 aromatic heterocycles. The summed E-state index contributed by atoms with van der Waals surface area (Å²) in [4.78, 5) is 14.6. The minimum Gasteiger partial charge on any atom is -0.393 e. The average Bonchev–Trinajstić information content (AvgIpc) is 2.92. The van der Waals surface area contributed by atoms with E-state index in [1.807, 2.05) is 11.8 Å². The van der Waals surface area contributed by atoms with Crippen LogP contribution in [0.15, 0.2) is 0 Å². The lowest BCUT2D eigenvalue weighted by molar-refractivity contribution is -0.138. The lowest BCUT2D eigenvalue weighted by Gasteiger charge is -2.37. The van der Waals surface area contributed by atoms with Crippen molar-refractivity contribution in [2.24, 2.45) is 11.8 Å². The number of nitrogens with one attached hydrogen (secondary N) is 1. The topological polar surface area (TPSA) is 52.6 Å². The number of fused-ring (bicyclic) bond motifs is 1. The number of aliphatic hydroxyl groups is 1. The predicted molar refractivity (Wildman–Crippen MR) is 69.1 cm³/mol. The maximum absolute atomic E-state index is 12.6. The van der Waals surface area contributed by atoms with Crippen molar-refractivity contribution in [3.05, 3.63) is 0 Å². The van der Waals surface area contributed by atoms with Gasteiger partial charge < -0.3 is 15.3 Å². The summed E-state index contributed by atoms with van der Waals surface area (Å²) < 4.78 is 0. The predicted octanol–water partition coefficient (Wildman–Crippen LogP) is 0.748. The monoisotopic (exact) mass is 252 g/mol. The van der Waals surface area contributed by atoms with Gasteiger partial charge in [0.25, 0.3) is 0 Å². The molecular weight excluding hydrogens is 228 g/mol. The van der Waals surface area contributed by atoms with Crippen LogP contribution in [-0.4, -0.2) is 47.2 Å². The van der Waals surface area contributed by atoms with Gasteiger partial charge in [-0.2, -0.15) is 0 Å². The summed E-state index contributed by atoms with van der Waals surface area (Å²) in [6.07, 6.45) is 5.08. The third kappa shape index (κ3) is 1.95. The van der Waals surface area contributed by atoms with Crippen LogP contribution in [0, 0.1) is 11.8 Å². The van der Waals surface area contributed by atoms with Gasteiger partial charge >= 0.3 is 0 Å². The van der Waals surface area contributed by atoms with Gasteiger partial charge in [0.2, 0.25) is 5.91 Å². The summed E-state index contributed by atoms with van der Waals surface area (Å²) in [5, 5.41) is 13.3. The molecule has 1 aliphatic carbocycles. The standard InChI is InChI=1S/C14H24N2O2/c1-14(6-2-3-7-15-14)13(18)16-8-10-4-5-12(17)11(10)9-16/h10-12,15,17H,2-9H2,1H3. The molecule has 4 nitrogen and oxygen atoms in total. The average molecular weight is 252 g/mol. The second kappa shape index (κ2) is 4.49. The largest absolute Gasteiger partial charge is 0.393 e. The molecule has 2 N–H and O–H groups in total. The first-order chi connectivity index (χ1) is 8.60. The maximum Gasteiger partial charge on any atom is 0.242 e. The fraction of sp³-hybridized carbons (Fsp3) is 0.929. The number of carbonyl (C=O) groups excluding carboxylic acids is 1. The minimum absolute atomic E-state index is 0.181. The molecule has 3 rings (SSSR count). The van der Waals surface area contributed by atoms with Crippen LogP contribution >= 0.6 is 0 Å². The number of hydrogen-bond acceptors (Lipinski definition) is 3. The molecule has 1 saturated carbocycles. The SMILES string of the molecule is CC1(C(=O)N2CC3CCC(O)C3C2)CCCCN1. The molecule has 2 aliphatic heterocycles. The normalized spacial score (nSPS) is 44.1. The molecule has 0 bridgehead atoms. The van der Waals surface area contributed by atoms with E-state index in [9.17, 15) is 9.90 Å². The van der Waals surface area contributed by atoms with Crippen molar-refractivity contribution in [1.82, 2.24) is 10.2 Å². The molecule has 3 aliphatic rings. The number of amides is 1. The highest BCUT2D eigenvalue weighted by molar-refractivity contribution is 5.86. The van der Waals surface area contributed by atoms with Gasteiger partial charge in [-0.1, -0.05) is 0 Å². The molecule has 102 valence electrons. The molecule has 0 aromatic carbocycles. The number of hydrogen-bond donors (Lipinski definition) is 2. The number of nitrogens with zero attached hydrogens (tertiary/aromatic N) is 1. The molecule has 4 heteroatoms. The molecule has 18 heavy (non-hydrogen) atoms. The second-order valence-corrected chi connectivity index (χ2v) is 6.49. The van der Waals surface area contributed by atoms with Crippen LogP contribution in [0.5, 0.6) is 0 Å². The molecule has 0 radical (unpaired) electrons. The van der Waals surface area contributed by atoms with Crippen LogP contribution in [0.1, 0.15) is 39.0 Å². The van der Waals surface area contributed by atoms with E-state index in [2.05, 4.69) is 5.32 Å². The fourth-order valence-electron chi connectivity index (χ4n) is 3.99. The minimum atomic E-state index is -0.359. The van der Waals surface area contributed by atoms with Gasteiger partial charge in [0, 0.05) is 19.0 Å². The van der Waals surface area contributed by atoms with Gasteiger partial charge in [0.05, 0.1) is 11.6 Å². The smallest absolute Gasteiger partial charge is 0.242 e. The summed E-state index contributed by atoms with van der Waals surface area (Å²) in [5.41, 5.74) is -0.359. The van der Waals surface area contributed by atoms with E-state index in [4.69, 9.17) is 0 Å². The van der Waals surface area contributed by atoms with Crippen molar-refractivity contribution in [3.8, 4) is 0 Å². The number of carbonyl (C=O) groups is 1. The van der Waals surface area contributed by atoms with E-state index in [1.165, 1.54) is 6.42 Å². The first-order valence-electron chi connectivity index (χ1n) is 7.33. The van der Waals surface area contributed by atoms with Crippen LogP contribution < -0.4 is 5.32 Å². The van der Waals surface area contributed by atoms with Crippen molar-refractivity contribution in [3.63, 3.8) is 0 Å². The molecule has 4 unspecified atom stereocenters. The first kappa shape index (κ1) is 12.4. The summed E-state index contributed by atoms with van der Waals surface area (Å²) in [5.74, 6) is 1.13. The van der Waals surface area contributed by atoms with Gasteiger partial charge in [-0.3, -0.25) is 4.79 Å². The highest BCUT2D eigenvalue weighted by Gasteiger charge is 2.47. The summed E-state index contributed by atoms with van der Waals surface area (Å²) in [7, 11) is 0. The maximum atomic E-state index is 12.6. The Bertz CT molecular complexity index is 339. The van der Waals surface area contributed by atoms with Gasteiger partial charge in [0.1, 0.15) is 0 Å². The van der Waals surface area contributed by atoms with E-state index >= 15 is 0 Å². The first-order valence-corrected chi connectivity index (χ1v) is 7.33. The third-order valence-corrected chi connectivity index (χ3v) is 5.20. The van der Waals surface area contributed by atoms with Gasteiger partial charge in [-0.05, 0) is 51.5 Å². The third-order valence-electron chi connectivity index (χ3n) is 5.20. The molecule has 2 saturated heterocycles. The molecule has 4 atom stereocenters. The Morgan fingerprint density at radius 2 is 2.17 bits per heavy atom. The molecule has 1 amide bonds. The van der Waals surface area contributed by atoms with E-state index < -0.39 is 0 Å². The van der Waals surface area contributed by atoms with E-state index in [0.717, 1.165) is 45.3 Å². The zero-order chi connectivity index (χ0) is 12.8. The number of rotatable bonds is 1. The summed E-state index contributed by atoms with van der Waals surface area (Å²) in [6, 6.07) is 0. The molecule has 3 fully saturated rings. The number of aliphatic hydroxyl groups excluding tert-OH is 1. The Kier molecular flexibility index (Phi) is 3.10. The van der Waals surface area contributed by atoms with Gasteiger partial charge in [0.15, 0.2) is 0 Å². The number of likely N-dealkylation sites (tertiary alicyclic amines) is 1. The Balaban J connectivity index is 1.67. The van der Waals surface area contributed by atoms with Crippen molar-refractivity contribution in [2.45, 2.75) is 50.7 Å². The quantitative estimate of drug-likeness (QED) is 0.724. The Morgan fingerprint density at radius 1 is 1.33 bits per heavy atom. The summed E-state index contributed by atoms with van der Waals surface area (Å²) in [6.45, 7) is 4.62. The van der Waals surface area contributed by atoms with Gasteiger partial charge in [-0.25, -0.2) is 0 Å². The van der Waals surface area contributed by atoms with Crippen molar-refractivity contribution >= 4 is 5.91 Å². The Morgan fingerprint density at radius 3 is 2.83 bits per heavy atom. The van der Waals surface area contributed by atoms with Crippen LogP contribution in [0.2, 0.25) is 0 Å². The van der Waals surface area contributed by atoms with E-state index in [0.29, 0.717) is 11.8 Å². The van der Waals surface area contributed by atoms with Crippen LogP contribution in [-0.2, 0) is 4.79 Å². The van der Waals surface area contributed by atoms with Gasteiger partial charge in [-0.15, -0.1) is 0 Å². The highest BCUT2D eigenvalue weighted by Crippen LogP contribution is 2.39. The second-order valence-electron chi connectivity index (χ2n) is 6.49. The van der Waals surface area contributed by atoms with Crippen molar-refractivity contribution in [2.75, 3.05) is 19.6 Å². The van der Waals surface area contributed by atoms with Crippen LogP contribution in [0.4, 0.5) is 0 Å².